The van der Waals surface area contributed by atoms with Crippen LogP contribution in [0.4, 0.5) is 14.9 Å². The number of amides is 3. The van der Waals surface area contributed by atoms with Gasteiger partial charge >= 0.3 is 6.03 Å². The zero-order valence-electron chi connectivity index (χ0n) is 17.3. The Labute approximate surface area is 182 Å². The van der Waals surface area contributed by atoms with Crippen molar-refractivity contribution in [3.05, 3.63) is 93.7 Å². The topological polar surface area (TPSA) is 107 Å². The number of hydrogen-bond acceptors (Lipinski definition) is 4. The van der Waals surface area contributed by atoms with E-state index >= 15 is 0 Å². The Morgan fingerprint density at radius 2 is 1.84 bits per heavy atom. The molecule has 3 N–H and O–H groups in total. The Bertz CT molecular complexity index is 1260. The number of anilines is 1. The number of benzene rings is 2. The molecule has 0 spiro atoms. The first-order valence-electron chi connectivity index (χ1n) is 9.80. The minimum Gasteiger partial charge on any atom is -0.327 e. The summed E-state index contributed by atoms with van der Waals surface area (Å²) in [5, 5.41) is 12.1. The molecule has 0 saturated heterocycles. The monoisotopic (exact) mass is 433 g/mol. The SMILES string of the molecule is Cc1ccc(-c2ccc(=O)[nH]n2)cc1NC(=O)C1=CN(C)C(=O)N[C@H]1c1ccc(F)cc1. The van der Waals surface area contributed by atoms with Crippen molar-refractivity contribution >= 4 is 17.6 Å². The van der Waals surface area contributed by atoms with Gasteiger partial charge < -0.3 is 15.5 Å². The van der Waals surface area contributed by atoms with E-state index in [2.05, 4.69) is 20.8 Å². The normalized spacial score (nSPS) is 15.7. The molecule has 32 heavy (non-hydrogen) atoms. The highest BCUT2D eigenvalue weighted by Crippen LogP contribution is 2.29. The molecule has 2 aromatic carbocycles. The first-order chi connectivity index (χ1) is 15.3. The summed E-state index contributed by atoms with van der Waals surface area (Å²) in [6.45, 7) is 1.85. The summed E-state index contributed by atoms with van der Waals surface area (Å²) in [5.74, 6) is -0.827. The van der Waals surface area contributed by atoms with Gasteiger partial charge in [0.2, 0.25) is 0 Å². The van der Waals surface area contributed by atoms with Gasteiger partial charge in [-0.2, -0.15) is 5.10 Å². The molecule has 0 fully saturated rings. The number of aryl methyl sites for hydroxylation is 1. The molecule has 1 aliphatic rings. The van der Waals surface area contributed by atoms with Crippen molar-refractivity contribution in [3.8, 4) is 11.3 Å². The van der Waals surface area contributed by atoms with E-state index in [0.29, 0.717) is 28.1 Å². The number of urea groups is 1. The van der Waals surface area contributed by atoms with Gasteiger partial charge in [0.1, 0.15) is 5.82 Å². The average Bonchev–Trinajstić information content (AvgIpc) is 2.78. The fraction of sp³-hybridized carbons (Fsp3) is 0.130. The molecule has 1 atom stereocenters. The van der Waals surface area contributed by atoms with E-state index < -0.39 is 17.8 Å². The molecule has 9 heteroatoms. The first-order valence-corrected chi connectivity index (χ1v) is 9.80. The molecule has 0 saturated carbocycles. The number of rotatable bonds is 4. The predicted octanol–water partition coefficient (Wildman–Crippen LogP) is 3.10. The summed E-state index contributed by atoms with van der Waals surface area (Å²) < 4.78 is 13.4. The number of nitrogens with zero attached hydrogens (tertiary/aromatic N) is 2. The molecular formula is C23H20FN5O3. The van der Waals surface area contributed by atoms with Gasteiger partial charge in [-0.05, 0) is 42.3 Å². The smallest absolute Gasteiger partial charge is 0.321 e. The summed E-state index contributed by atoms with van der Waals surface area (Å²) >= 11 is 0. The van der Waals surface area contributed by atoms with Crippen molar-refractivity contribution in [3.63, 3.8) is 0 Å². The molecule has 4 rings (SSSR count). The predicted molar refractivity (Wildman–Crippen MR) is 117 cm³/mol. The maximum Gasteiger partial charge on any atom is 0.321 e. The van der Waals surface area contributed by atoms with E-state index in [4.69, 9.17) is 0 Å². The van der Waals surface area contributed by atoms with Crippen LogP contribution in [0, 0.1) is 12.7 Å². The number of carbonyl (C=O) groups is 2. The number of nitrogens with one attached hydrogen (secondary N) is 3. The molecule has 3 amide bonds. The van der Waals surface area contributed by atoms with Crippen molar-refractivity contribution in [2.75, 3.05) is 12.4 Å². The lowest BCUT2D eigenvalue weighted by molar-refractivity contribution is -0.113. The van der Waals surface area contributed by atoms with Crippen LogP contribution in [0.1, 0.15) is 17.2 Å². The van der Waals surface area contributed by atoms with Crippen molar-refractivity contribution in [1.29, 1.82) is 0 Å². The molecule has 0 unspecified atom stereocenters. The Balaban J connectivity index is 1.65. The zero-order chi connectivity index (χ0) is 22.8. The second kappa shape index (κ2) is 8.46. The molecule has 0 bridgehead atoms. The number of carbonyl (C=O) groups excluding carboxylic acids is 2. The van der Waals surface area contributed by atoms with Crippen LogP contribution in [-0.4, -0.2) is 34.1 Å². The van der Waals surface area contributed by atoms with Gasteiger partial charge in [0.15, 0.2) is 0 Å². The minimum absolute atomic E-state index is 0.297. The Morgan fingerprint density at radius 3 is 2.53 bits per heavy atom. The molecule has 0 radical (unpaired) electrons. The Hall–Kier alpha value is -4.27. The molecule has 8 nitrogen and oxygen atoms in total. The molecule has 2 heterocycles. The number of aromatic amines is 1. The van der Waals surface area contributed by atoms with Gasteiger partial charge in [-0.1, -0.05) is 24.3 Å². The van der Waals surface area contributed by atoms with E-state index in [0.717, 1.165) is 5.56 Å². The zero-order valence-corrected chi connectivity index (χ0v) is 17.3. The van der Waals surface area contributed by atoms with Gasteiger partial charge in [0.25, 0.3) is 11.5 Å². The molecule has 3 aromatic rings. The standard InChI is InChI=1S/C23H20FN5O3/c1-13-3-4-15(18-9-10-20(30)28-27-18)11-19(13)25-22(31)17-12-29(2)23(32)26-21(17)14-5-7-16(24)8-6-14/h3-12,21H,1-2H3,(H,25,31)(H,26,32)(H,28,30)/t21-/m0/s1. The molecule has 162 valence electrons. The first kappa shape index (κ1) is 21.0. The fourth-order valence-electron chi connectivity index (χ4n) is 3.37. The van der Waals surface area contributed by atoms with Crippen LogP contribution in [0.2, 0.25) is 0 Å². The van der Waals surface area contributed by atoms with Crippen LogP contribution in [0.5, 0.6) is 0 Å². The van der Waals surface area contributed by atoms with E-state index in [-0.39, 0.29) is 11.6 Å². The van der Waals surface area contributed by atoms with Gasteiger partial charge in [-0.15, -0.1) is 0 Å². The highest BCUT2D eigenvalue weighted by molar-refractivity contribution is 6.06. The summed E-state index contributed by atoms with van der Waals surface area (Å²) in [4.78, 5) is 38.0. The molecular weight excluding hydrogens is 413 g/mol. The largest absolute Gasteiger partial charge is 0.327 e. The summed E-state index contributed by atoms with van der Waals surface area (Å²) in [6, 6.07) is 12.9. The minimum atomic E-state index is -0.733. The lowest BCUT2D eigenvalue weighted by Crippen LogP contribution is -2.44. The van der Waals surface area contributed by atoms with Crippen LogP contribution in [0.3, 0.4) is 0 Å². The van der Waals surface area contributed by atoms with E-state index in [9.17, 15) is 18.8 Å². The lowest BCUT2D eigenvalue weighted by atomic mass is 9.97. The van der Waals surface area contributed by atoms with Crippen molar-refractivity contribution in [2.24, 2.45) is 0 Å². The van der Waals surface area contributed by atoms with Gasteiger partial charge in [-0.25, -0.2) is 14.3 Å². The molecule has 0 aliphatic carbocycles. The quantitative estimate of drug-likeness (QED) is 0.588. The number of aromatic nitrogens is 2. The van der Waals surface area contributed by atoms with Crippen LogP contribution in [0.25, 0.3) is 11.3 Å². The second-order valence-electron chi connectivity index (χ2n) is 7.42. The summed E-state index contributed by atoms with van der Waals surface area (Å²) in [7, 11) is 1.54. The average molecular weight is 433 g/mol. The second-order valence-corrected chi connectivity index (χ2v) is 7.42. The maximum absolute atomic E-state index is 13.4. The van der Waals surface area contributed by atoms with Gasteiger partial charge in [-0.3, -0.25) is 9.59 Å². The van der Waals surface area contributed by atoms with E-state index in [1.54, 1.807) is 12.1 Å². The van der Waals surface area contributed by atoms with E-state index in [1.165, 1.54) is 48.5 Å². The Morgan fingerprint density at radius 1 is 1.09 bits per heavy atom. The van der Waals surface area contributed by atoms with Gasteiger partial charge in [0, 0.05) is 30.6 Å². The number of hydrogen-bond donors (Lipinski definition) is 3. The summed E-state index contributed by atoms with van der Waals surface area (Å²) in [6.07, 6.45) is 1.46. The highest BCUT2D eigenvalue weighted by Gasteiger charge is 2.30. The van der Waals surface area contributed by atoms with Crippen molar-refractivity contribution in [1.82, 2.24) is 20.4 Å². The van der Waals surface area contributed by atoms with Crippen LogP contribution >= 0.6 is 0 Å². The van der Waals surface area contributed by atoms with Crippen molar-refractivity contribution < 1.29 is 14.0 Å². The van der Waals surface area contributed by atoms with Gasteiger partial charge in [0.05, 0.1) is 17.3 Å². The maximum atomic E-state index is 13.4. The van der Waals surface area contributed by atoms with E-state index in [1.807, 2.05) is 19.1 Å². The summed E-state index contributed by atoms with van der Waals surface area (Å²) in [5.41, 5.74) is 3.20. The third-order valence-electron chi connectivity index (χ3n) is 5.16. The molecule has 1 aromatic heterocycles. The Kier molecular flexibility index (Phi) is 5.55. The molecule has 1 aliphatic heterocycles. The third kappa shape index (κ3) is 4.27. The fourth-order valence-corrected chi connectivity index (χ4v) is 3.37. The lowest BCUT2D eigenvalue weighted by Gasteiger charge is -2.30. The van der Waals surface area contributed by atoms with Crippen LogP contribution < -0.4 is 16.2 Å². The highest BCUT2D eigenvalue weighted by atomic mass is 19.1. The third-order valence-corrected chi connectivity index (χ3v) is 5.16. The van der Waals surface area contributed by atoms with Crippen molar-refractivity contribution in [2.45, 2.75) is 13.0 Å². The number of halogens is 1. The van der Waals surface area contributed by atoms with Crippen LogP contribution in [-0.2, 0) is 4.79 Å². The number of H-pyrrole nitrogens is 1. The van der Waals surface area contributed by atoms with Crippen LogP contribution in [0.15, 0.2) is 71.2 Å².